The van der Waals surface area contributed by atoms with Crippen molar-refractivity contribution >= 4 is 17.9 Å². The van der Waals surface area contributed by atoms with Gasteiger partial charge in [0.25, 0.3) is 5.91 Å². The molecule has 202 valence electrons. The van der Waals surface area contributed by atoms with E-state index in [1.54, 1.807) is 13.0 Å². The maximum Gasteiger partial charge on any atom is 0.267 e. The van der Waals surface area contributed by atoms with Crippen LogP contribution in [0.1, 0.15) is 68.2 Å². The summed E-state index contributed by atoms with van der Waals surface area (Å²) < 4.78 is 12.1. The van der Waals surface area contributed by atoms with E-state index in [1.165, 1.54) is 11.6 Å². The molecular weight excluding hydrogens is 482 g/mol. The molecule has 3 aliphatic heterocycles. The molecule has 0 bridgehead atoms. The number of ether oxygens (including phenoxy) is 2. The van der Waals surface area contributed by atoms with E-state index >= 15 is 0 Å². The number of piperidine rings is 1. The number of nitrogens with one attached hydrogen (secondary N) is 2. The van der Waals surface area contributed by atoms with Crippen molar-refractivity contribution in [2.75, 3.05) is 19.7 Å². The van der Waals surface area contributed by atoms with Crippen molar-refractivity contribution in [3.8, 4) is 5.75 Å². The Kier molecular flexibility index (Phi) is 8.42. The van der Waals surface area contributed by atoms with E-state index in [2.05, 4.69) is 40.0 Å². The lowest BCUT2D eigenvalue weighted by atomic mass is 9.80. The zero-order valence-electron chi connectivity index (χ0n) is 22.0. The number of hydrogen-bond donors (Lipinski definition) is 2. The molecule has 2 saturated heterocycles. The molecule has 38 heavy (non-hydrogen) atoms. The number of likely N-dealkylation sites (tertiary alicyclic amines) is 1. The average molecular weight is 520 g/mol. The van der Waals surface area contributed by atoms with Gasteiger partial charge in [0.1, 0.15) is 11.4 Å². The zero-order valence-corrected chi connectivity index (χ0v) is 22.0. The van der Waals surface area contributed by atoms with Crippen molar-refractivity contribution in [1.29, 1.82) is 0 Å². The van der Waals surface area contributed by atoms with Gasteiger partial charge >= 0.3 is 0 Å². The average Bonchev–Trinajstić information content (AvgIpc) is 2.93. The van der Waals surface area contributed by atoms with Crippen LogP contribution in [0.15, 0.2) is 54.6 Å². The lowest BCUT2D eigenvalue weighted by molar-refractivity contribution is -0.198. The quantitative estimate of drug-likeness (QED) is 0.420. The number of carbonyl (C=O) groups excluding carboxylic acids is 2. The molecule has 0 aromatic heterocycles. The monoisotopic (exact) mass is 519 g/mol. The van der Waals surface area contributed by atoms with Gasteiger partial charge in [-0.3, -0.25) is 14.5 Å². The normalized spacial score (nSPS) is 23.0. The number of hydrogen-bond acceptors (Lipinski definition) is 6. The van der Waals surface area contributed by atoms with E-state index in [0.717, 1.165) is 75.0 Å². The summed E-state index contributed by atoms with van der Waals surface area (Å²) in [6, 6.07) is 16.3. The predicted octanol–water partition coefficient (Wildman–Crippen LogP) is 4.27. The fraction of sp³-hybridized carbons (Fsp3) is 0.467. The molecule has 8 heteroatoms. The van der Waals surface area contributed by atoms with E-state index in [1.807, 2.05) is 24.3 Å². The molecule has 8 nitrogen and oxygen atoms in total. The van der Waals surface area contributed by atoms with Gasteiger partial charge in [0.2, 0.25) is 5.91 Å². The second-order valence-corrected chi connectivity index (χ2v) is 10.5. The maximum absolute atomic E-state index is 12.2. The molecule has 2 aromatic rings. The van der Waals surface area contributed by atoms with E-state index in [4.69, 9.17) is 14.3 Å². The molecular formula is C30H37N3O5. The van der Waals surface area contributed by atoms with Gasteiger partial charge in [0, 0.05) is 57.6 Å². The molecule has 2 N–H and O–H groups in total. The van der Waals surface area contributed by atoms with Crippen LogP contribution in [0.3, 0.4) is 0 Å². The second kappa shape index (κ2) is 12.1. The lowest BCUT2D eigenvalue weighted by Crippen LogP contribution is -2.52. The van der Waals surface area contributed by atoms with Crippen LogP contribution in [0.25, 0.3) is 6.08 Å². The predicted molar refractivity (Wildman–Crippen MR) is 144 cm³/mol. The van der Waals surface area contributed by atoms with Gasteiger partial charge in [-0.15, -0.1) is 0 Å². The smallest absolute Gasteiger partial charge is 0.267 e. The van der Waals surface area contributed by atoms with Crippen molar-refractivity contribution < 1.29 is 23.9 Å². The minimum atomic E-state index is -0.391. The van der Waals surface area contributed by atoms with E-state index < -0.39 is 6.29 Å². The van der Waals surface area contributed by atoms with Crippen LogP contribution in [0.5, 0.6) is 5.75 Å². The zero-order chi connectivity index (χ0) is 26.4. The highest BCUT2D eigenvalue weighted by Crippen LogP contribution is 2.45. The van der Waals surface area contributed by atoms with Crippen molar-refractivity contribution in [2.24, 2.45) is 0 Å². The van der Waals surface area contributed by atoms with Crippen LogP contribution in [-0.4, -0.2) is 48.3 Å². The Bertz CT molecular complexity index is 1140. The molecule has 1 spiro atoms. The third-order valence-corrected chi connectivity index (χ3v) is 7.56. The van der Waals surface area contributed by atoms with Gasteiger partial charge in [-0.1, -0.05) is 36.4 Å². The highest BCUT2D eigenvalue weighted by Gasteiger charge is 2.43. The summed E-state index contributed by atoms with van der Waals surface area (Å²) in [6.45, 7) is 5.02. The fourth-order valence-electron chi connectivity index (χ4n) is 5.57. The third-order valence-electron chi connectivity index (χ3n) is 7.56. The Morgan fingerprint density at radius 2 is 1.95 bits per heavy atom. The third kappa shape index (κ3) is 6.81. The molecule has 2 unspecified atom stereocenters. The fourth-order valence-corrected chi connectivity index (χ4v) is 5.57. The number of hydroxylamine groups is 1. The van der Waals surface area contributed by atoms with Crippen LogP contribution < -0.4 is 15.5 Å². The van der Waals surface area contributed by atoms with Crippen LogP contribution in [-0.2, 0) is 25.7 Å². The van der Waals surface area contributed by atoms with Gasteiger partial charge in [-0.2, -0.15) is 0 Å². The van der Waals surface area contributed by atoms with E-state index in [0.29, 0.717) is 6.61 Å². The minimum Gasteiger partial charge on any atom is -0.487 e. The van der Waals surface area contributed by atoms with Gasteiger partial charge < -0.3 is 14.8 Å². The summed E-state index contributed by atoms with van der Waals surface area (Å²) >= 11 is 0. The molecule has 3 heterocycles. The summed E-state index contributed by atoms with van der Waals surface area (Å²) in [5, 5.41) is 3.14. The molecule has 2 amide bonds. The molecule has 0 saturated carbocycles. The van der Waals surface area contributed by atoms with Crippen LogP contribution >= 0.6 is 0 Å². The minimum absolute atomic E-state index is 0.0677. The first kappa shape index (κ1) is 26.4. The number of rotatable bonds is 7. The van der Waals surface area contributed by atoms with Crippen LogP contribution in [0.4, 0.5) is 0 Å². The van der Waals surface area contributed by atoms with Gasteiger partial charge in [0.05, 0.1) is 6.04 Å². The Morgan fingerprint density at radius 1 is 1.13 bits per heavy atom. The molecule has 0 aliphatic carbocycles. The van der Waals surface area contributed by atoms with Crippen molar-refractivity contribution in [3.05, 3.63) is 71.3 Å². The van der Waals surface area contributed by atoms with E-state index in [-0.39, 0.29) is 23.5 Å². The summed E-state index contributed by atoms with van der Waals surface area (Å²) in [7, 11) is 0. The van der Waals surface area contributed by atoms with Gasteiger partial charge in [0.15, 0.2) is 6.29 Å². The first-order valence-corrected chi connectivity index (χ1v) is 13.6. The number of amides is 2. The maximum atomic E-state index is 12.2. The highest BCUT2D eigenvalue weighted by molar-refractivity contribution is 5.91. The number of benzene rings is 2. The standard InChI is InChI=1S/C30H37N3O5/c1-22(34)31-26-20-30(14-16-33(17-15-30)21-24-7-3-2-4-8-24)37-27-12-10-23(19-25(26)27)11-13-28(35)32-38-29-9-5-6-18-36-29/h2-4,7-8,10-13,19,26,29H,5-6,9,14-18,20-21H2,1H3,(H,31,34)(H,32,35)/b13-11+. The summed E-state index contributed by atoms with van der Waals surface area (Å²) in [5.74, 6) is 0.376. The van der Waals surface area contributed by atoms with Crippen LogP contribution in [0.2, 0.25) is 0 Å². The van der Waals surface area contributed by atoms with Crippen molar-refractivity contribution in [3.63, 3.8) is 0 Å². The molecule has 2 aromatic carbocycles. The summed E-state index contributed by atoms with van der Waals surface area (Å²) in [4.78, 5) is 32.2. The number of carbonyl (C=O) groups is 2. The summed E-state index contributed by atoms with van der Waals surface area (Å²) in [6.07, 6.45) is 8.12. The topological polar surface area (TPSA) is 89.1 Å². The first-order chi connectivity index (χ1) is 18.5. The van der Waals surface area contributed by atoms with Crippen molar-refractivity contribution in [1.82, 2.24) is 15.7 Å². The summed E-state index contributed by atoms with van der Waals surface area (Å²) in [5.41, 5.74) is 5.24. The molecule has 2 atom stereocenters. The lowest BCUT2D eigenvalue weighted by Gasteiger charge is -2.47. The number of nitrogens with zero attached hydrogens (tertiary/aromatic N) is 1. The van der Waals surface area contributed by atoms with Crippen molar-refractivity contribution in [2.45, 2.75) is 69.9 Å². The second-order valence-electron chi connectivity index (χ2n) is 10.5. The van der Waals surface area contributed by atoms with E-state index in [9.17, 15) is 9.59 Å². The van der Waals surface area contributed by atoms with Crippen LogP contribution in [0, 0.1) is 0 Å². The largest absolute Gasteiger partial charge is 0.487 e. The molecule has 3 aliphatic rings. The van der Waals surface area contributed by atoms with Gasteiger partial charge in [-0.05, 0) is 55.0 Å². The highest BCUT2D eigenvalue weighted by atomic mass is 16.8. The Labute approximate surface area is 224 Å². The Hall–Kier alpha value is -3.20. The first-order valence-electron chi connectivity index (χ1n) is 13.6. The molecule has 2 fully saturated rings. The molecule has 0 radical (unpaired) electrons. The Balaban J connectivity index is 1.23. The van der Waals surface area contributed by atoms with Gasteiger partial charge in [-0.25, -0.2) is 10.3 Å². The SMILES string of the molecule is CC(=O)NC1CC2(CCN(Cc3ccccc3)CC2)Oc2ccc(/C=C/C(=O)NOC3CCCCO3)cc21. The Morgan fingerprint density at radius 3 is 2.68 bits per heavy atom. The number of fused-ring (bicyclic) bond motifs is 1. The molecule has 5 rings (SSSR count).